The Kier molecular flexibility index (Phi) is 6.37. The number of carbonyl (C=O) groups is 1. The first kappa shape index (κ1) is 20.1. The summed E-state index contributed by atoms with van der Waals surface area (Å²) in [5.41, 5.74) is 1.27. The van der Waals surface area contributed by atoms with Crippen molar-refractivity contribution in [3.05, 3.63) is 77.4 Å². The molecule has 0 saturated carbocycles. The summed E-state index contributed by atoms with van der Waals surface area (Å²) < 4.78 is 19.5. The Morgan fingerprint density at radius 1 is 1.03 bits per heavy atom. The van der Waals surface area contributed by atoms with E-state index in [0.717, 1.165) is 31.5 Å². The number of rotatable bonds is 6. The zero-order valence-electron chi connectivity index (χ0n) is 16.8. The highest BCUT2D eigenvalue weighted by Gasteiger charge is 2.24. The minimum absolute atomic E-state index is 0.250. The summed E-state index contributed by atoms with van der Waals surface area (Å²) >= 11 is 0. The van der Waals surface area contributed by atoms with Crippen molar-refractivity contribution >= 4 is 11.9 Å². The molecule has 0 spiro atoms. The van der Waals surface area contributed by atoms with Gasteiger partial charge in [-0.1, -0.05) is 54.3 Å². The van der Waals surface area contributed by atoms with Crippen LogP contribution in [-0.2, 0) is 6.42 Å². The van der Waals surface area contributed by atoms with Crippen LogP contribution in [0.15, 0.2) is 59.0 Å². The summed E-state index contributed by atoms with van der Waals surface area (Å²) in [7, 11) is 0. The van der Waals surface area contributed by atoms with Crippen LogP contribution in [0.4, 0.5) is 10.4 Å². The minimum Gasteiger partial charge on any atom is -0.406 e. The molecule has 156 valence electrons. The lowest BCUT2D eigenvalue weighted by Crippen LogP contribution is -2.30. The molecule has 1 atom stereocenters. The number of nitrogens with zero attached hydrogens (tertiary/aromatic N) is 3. The predicted molar refractivity (Wildman–Crippen MR) is 112 cm³/mol. The molecule has 0 bridgehead atoms. The molecule has 2 aromatic carbocycles. The number of hydrogen-bond donors (Lipinski definition) is 1. The second kappa shape index (κ2) is 9.52. The Hall–Kier alpha value is -3.22. The van der Waals surface area contributed by atoms with Gasteiger partial charge in [-0.3, -0.25) is 4.79 Å². The van der Waals surface area contributed by atoms with Crippen LogP contribution < -0.4 is 10.2 Å². The molecule has 1 aliphatic rings. The van der Waals surface area contributed by atoms with Crippen molar-refractivity contribution < 1.29 is 13.6 Å². The van der Waals surface area contributed by atoms with E-state index in [4.69, 9.17) is 4.42 Å². The zero-order valence-corrected chi connectivity index (χ0v) is 16.8. The number of nitrogens with one attached hydrogen (secondary N) is 1. The van der Waals surface area contributed by atoms with Crippen LogP contribution in [0.5, 0.6) is 0 Å². The molecule has 7 heteroatoms. The van der Waals surface area contributed by atoms with Crippen LogP contribution in [0.1, 0.15) is 53.5 Å². The standard InChI is InChI=1S/C23H25FN4O2/c24-19-12-8-11-18(16-19)21(29)25-20(15-17-9-4-3-5-10-17)22-26-27-23(30-22)28-13-6-1-2-7-14-28/h3-5,8-12,16,20H,1-2,6-7,13-15H2,(H,25,29). The van der Waals surface area contributed by atoms with Crippen molar-refractivity contribution in [1.82, 2.24) is 15.5 Å². The predicted octanol–water partition coefficient (Wildman–Crippen LogP) is 4.30. The van der Waals surface area contributed by atoms with Gasteiger partial charge in [-0.25, -0.2) is 4.39 Å². The average Bonchev–Trinajstić information content (AvgIpc) is 3.09. The minimum atomic E-state index is -0.517. The van der Waals surface area contributed by atoms with E-state index in [1.165, 1.54) is 31.0 Å². The number of hydrogen-bond acceptors (Lipinski definition) is 5. The normalized spacial score (nSPS) is 15.4. The zero-order chi connectivity index (χ0) is 20.8. The SMILES string of the molecule is O=C(NC(Cc1ccccc1)c1nnc(N2CCCCCC2)o1)c1cccc(F)c1. The summed E-state index contributed by atoms with van der Waals surface area (Å²) in [6.45, 7) is 1.78. The van der Waals surface area contributed by atoms with E-state index in [2.05, 4.69) is 20.4 Å². The fourth-order valence-corrected chi connectivity index (χ4v) is 3.68. The molecule has 1 aliphatic heterocycles. The van der Waals surface area contributed by atoms with Gasteiger partial charge in [-0.05, 0) is 36.6 Å². The Bertz CT molecular complexity index is 968. The first-order valence-corrected chi connectivity index (χ1v) is 10.4. The first-order chi connectivity index (χ1) is 14.7. The van der Waals surface area contributed by atoms with Crippen molar-refractivity contribution in [3.63, 3.8) is 0 Å². The van der Waals surface area contributed by atoms with Gasteiger partial charge < -0.3 is 14.6 Å². The van der Waals surface area contributed by atoms with Gasteiger partial charge in [-0.15, -0.1) is 5.10 Å². The van der Waals surface area contributed by atoms with Gasteiger partial charge in [0.2, 0.25) is 5.89 Å². The van der Waals surface area contributed by atoms with E-state index in [-0.39, 0.29) is 11.5 Å². The van der Waals surface area contributed by atoms with Crippen LogP contribution in [0, 0.1) is 5.82 Å². The number of benzene rings is 2. The number of aromatic nitrogens is 2. The summed E-state index contributed by atoms with van der Waals surface area (Å²) in [4.78, 5) is 14.9. The highest BCUT2D eigenvalue weighted by Crippen LogP contribution is 2.23. The van der Waals surface area contributed by atoms with E-state index in [9.17, 15) is 9.18 Å². The van der Waals surface area contributed by atoms with Gasteiger partial charge >= 0.3 is 6.01 Å². The molecule has 0 radical (unpaired) electrons. The molecule has 1 aromatic heterocycles. The molecular weight excluding hydrogens is 383 g/mol. The van der Waals surface area contributed by atoms with Gasteiger partial charge in [0, 0.05) is 25.1 Å². The summed E-state index contributed by atoms with van der Waals surface area (Å²) in [6.07, 6.45) is 5.10. The van der Waals surface area contributed by atoms with Gasteiger partial charge in [0.15, 0.2) is 0 Å². The summed E-state index contributed by atoms with van der Waals surface area (Å²) in [5.74, 6) is -0.490. The highest BCUT2D eigenvalue weighted by atomic mass is 19.1. The van der Waals surface area contributed by atoms with E-state index in [1.807, 2.05) is 30.3 Å². The number of halogens is 1. The third kappa shape index (κ3) is 5.03. The monoisotopic (exact) mass is 408 g/mol. The highest BCUT2D eigenvalue weighted by molar-refractivity contribution is 5.94. The molecule has 4 rings (SSSR count). The van der Waals surface area contributed by atoms with E-state index < -0.39 is 11.9 Å². The van der Waals surface area contributed by atoms with E-state index >= 15 is 0 Å². The van der Waals surface area contributed by atoms with Gasteiger partial charge in [-0.2, -0.15) is 0 Å². The van der Waals surface area contributed by atoms with Crippen molar-refractivity contribution in [2.24, 2.45) is 0 Å². The van der Waals surface area contributed by atoms with Crippen molar-refractivity contribution in [2.45, 2.75) is 38.1 Å². The number of anilines is 1. The molecule has 30 heavy (non-hydrogen) atoms. The fraction of sp³-hybridized carbons (Fsp3) is 0.348. The Morgan fingerprint density at radius 2 is 1.80 bits per heavy atom. The second-order valence-electron chi connectivity index (χ2n) is 7.55. The van der Waals surface area contributed by atoms with Crippen LogP contribution in [-0.4, -0.2) is 29.2 Å². The fourth-order valence-electron chi connectivity index (χ4n) is 3.68. The smallest absolute Gasteiger partial charge is 0.318 e. The van der Waals surface area contributed by atoms with Gasteiger partial charge in [0.25, 0.3) is 5.91 Å². The topological polar surface area (TPSA) is 71.3 Å². The summed E-state index contributed by atoms with van der Waals surface area (Å²) in [6, 6.07) is 15.4. The maximum absolute atomic E-state index is 13.6. The van der Waals surface area contributed by atoms with Crippen LogP contribution in [0.3, 0.4) is 0 Å². The molecule has 1 saturated heterocycles. The molecule has 0 aliphatic carbocycles. The number of amides is 1. The van der Waals surface area contributed by atoms with Crippen molar-refractivity contribution in [2.75, 3.05) is 18.0 Å². The molecule has 3 aromatic rings. The summed E-state index contributed by atoms with van der Waals surface area (Å²) in [5, 5.41) is 11.4. The quantitative estimate of drug-likeness (QED) is 0.658. The Morgan fingerprint density at radius 3 is 2.53 bits per heavy atom. The molecule has 6 nitrogen and oxygen atoms in total. The lowest BCUT2D eigenvalue weighted by molar-refractivity contribution is 0.0929. The van der Waals surface area contributed by atoms with E-state index in [0.29, 0.717) is 18.3 Å². The lowest BCUT2D eigenvalue weighted by Gasteiger charge is -2.18. The Balaban J connectivity index is 1.56. The lowest BCUT2D eigenvalue weighted by atomic mass is 10.1. The van der Waals surface area contributed by atoms with Crippen molar-refractivity contribution in [1.29, 1.82) is 0 Å². The maximum Gasteiger partial charge on any atom is 0.318 e. The number of carbonyl (C=O) groups excluding carboxylic acids is 1. The Labute approximate surface area is 175 Å². The molecule has 2 heterocycles. The molecule has 1 unspecified atom stereocenters. The molecule has 1 N–H and O–H groups in total. The molecule has 1 amide bonds. The van der Waals surface area contributed by atoms with Crippen LogP contribution in [0.2, 0.25) is 0 Å². The third-order valence-electron chi connectivity index (χ3n) is 5.28. The second-order valence-corrected chi connectivity index (χ2v) is 7.55. The van der Waals surface area contributed by atoms with E-state index in [1.54, 1.807) is 6.07 Å². The van der Waals surface area contributed by atoms with Crippen LogP contribution in [0.25, 0.3) is 0 Å². The first-order valence-electron chi connectivity index (χ1n) is 10.4. The van der Waals surface area contributed by atoms with Crippen molar-refractivity contribution in [3.8, 4) is 0 Å². The molecular formula is C23H25FN4O2. The molecule has 1 fully saturated rings. The van der Waals surface area contributed by atoms with Gasteiger partial charge in [0.05, 0.1) is 0 Å². The van der Waals surface area contributed by atoms with Crippen LogP contribution >= 0.6 is 0 Å². The average molecular weight is 408 g/mol. The largest absolute Gasteiger partial charge is 0.406 e. The third-order valence-corrected chi connectivity index (χ3v) is 5.28. The maximum atomic E-state index is 13.6. The van der Waals surface area contributed by atoms with Gasteiger partial charge in [0.1, 0.15) is 11.9 Å².